The summed E-state index contributed by atoms with van der Waals surface area (Å²) in [4.78, 5) is 0. The zero-order valence-corrected chi connectivity index (χ0v) is 13.4. The van der Waals surface area contributed by atoms with Crippen LogP contribution in [0, 0.1) is 5.82 Å². The van der Waals surface area contributed by atoms with Gasteiger partial charge in [-0.05, 0) is 64.5 Å². The normalized spacial score (nSPS) is 20.7. The lowest BCUT2D eigenvalue weighted by atomic mass is 9.75. The molecule has 0 radical (unpaired) electrons. The number of benzene rings is 2. The molecule has 4 heteroatoms. The number of para-hydroxylation sites is 1. The first-order chi connectivity index (χ1) is 10.2. The Kier molecular flexibility index (Phi) is 4.15. The van der Waals surface area contributed by atoms with Gasteiger partial charge in [0.2, 0.25) is 0 Å². The van der Waals surface area contributed by atoms with E-state index >= 15 is 0 Å². The summed E-state index contributed by atoms with van der Waals surface area (Å²) in [5.74, 6) is 1.19. The average Bonchev–Trinajstić information content (AvgIpc) is 2.45. The molecule has 3 rings (SSSR count). The summed E-state index contributed by atoms with van der Waals surface area (Å²) >= 11 is 3.39. The van der Waals surface area contributed by atoms with Gasteiger partial charge in [-0.3, -0.25) is 0 Å². The Labute approximate surface area is 132 Å². The Morgan fingerprint density at radius 2 is 1.95 bits per heavy atom. The maximum Gasteiger partial charge on any atom is 0.147 e. The van der Waals surface area contributed by atoms with Gasteiger partial charge in [0, 0.05) is 10.5 Å². The van der Waals surface area contributed by atoms with Crippen LogP contribution in [0.25, 0.3) is 0 Å². The monoisotopic (exact) mass is 349 g/mol. The van der Waals surface area contributed by atoms with E-state index in [0.717, 1.165) is 23.1 Å². The molecule has 2 aromatic rings. The Morgan fingerprint density at radius 1 is 1.19 bits per heavy atom. The molecule has 1 N–H and O–H groups in total. The van der Waals surface area contributed by atoms with Crippen molar-refractivity contribution in [1.29, 1.82) is 0 Å². The third-order valence-electron chi connectivity index (χ3n) is 4.01. The topological polar surface area (TPSA) is 21.3 Å². The number of hydrogen-bond donors (Lipinski definition) is 1. The van der Waals surface area contributed by atoms with Gasteiger partial charge in [0.25, 0.3) is 0 Å². The van der Waals surface area contributed by atoms with Gasteiger partial charge in [0.05, 0.1) is 12.8 Å². The van der Waals surface area contributed by atoms with E-state index < -0.39 is 0 Å². The van der Waals surface area contributed by atoms with Gasteiger partial charge in [-0.1, -0.05) is 18.2 Å². The molecule has 0 saturated heterocycles. The van der Waals surface area contributed by atoms with Crippen LogP contribution in [0.3, 0.4) is 0 Å². The Morgan fingerprint density at radius 3 is 2.67 bits per heavy atom. The van der Waals surface area contributed by atoms with Crippen molar-refractivity contribution < 1.29 is 9.13 Å². The summed E-state index contributed by atoms with van der Waals surface area (Å²) in [7, 11) is 1.68. The molecule has 0 aromatic heterocycles. The molecule has 0 aliphatic heterocycles. The van der Waals surface area contributed by atoms with Crippen LogP contribution in [0.15, 0.2) is 46.9 Å². The second-order valence-corrected chi connectivity index (χ2v) is 6.24. The van der Waals surface area contributed by atoms with E-state index in [0.29, 0.717) is 17.6 Å². The molecule has 21 heavy (non-hydrogen) atoms. The van der Waals surface area contributed by atoms with Crippen LogP contribution < -0.4 is 10.1 Å². The molecule has 2 aromatic carbocycles. The standard InChI is InChI=1S/C17H17BrFNO/c1-21-14-5-2-4-11(10-14)12-8-13(9-12)20-17-15(18)6-3-7-16(17)19/h2-7,10,12-13,20H,8-9H2,1H3. The highest BCUT2D eigenvalue weighted by Gasteiger charge is 2.31. The Hall–Kier alpha value is -1.55. The molecule has 0 heterocycles. The van der Waals surface area contributed by atoms with E-state index in [1.54, 1.807) is 13.2 Å². The molecule has 0 spiro atoms. The number of hydrogen-bond acceptors (Lipinski definition) is 2. The molecule has 0 amide bonds. The number of halogens is 2. The van der Waals surface area contributed by atoms with Gasteiger partial charge < -0.3 is 10.1 Å². The first-order valence-electron chi connectivity index (χ1n) is 7.02. The Balaban J connectivity index is 1.63. The molecule has 1 aliphatic carbocycles. The fourth-order valence-corrected chi connectivity index (χ4v) is 3.20. The minimum Gasteiger partial charge on any atom is -0.497 e. The minimum atomic E-state index is -0.214. The van der Waals surface area contributed by atoms with Crippen LogP contribution in [0.1, 0.15) is 24.3 Å². The molecule has 1 fully saturated rings. The van der Waals surface area contributed by atoms with Crippen molar-refractivity contribution in [3.63, 3.8) is 0 Å². The summed E-state index contributed by atoms with van der Waals surface area (Å²) in [6.07, 6.45) is 2.02. The van der Waals surface area contributed by atoms with Crippen LogP contribution >= 0.6 is 15.9 Å². The number of methoxy groups -OCH3 is 1. The second kappa shape index (κ2) is 6.06. The highest BCUT2D eigenvalue weighted by Crippen LogP contribution is 2.40. The molecular weight excluding hydrogens is 333 g/mol. The van der Waals surface area contributed by atoms with E-state index in [4.69, 9.17) is 4.74 Å². The lowest BCUT2D eigenvalue weighted by Crippen LogP contribution is -2.34. The highest BCUT2D eigenvalue weighted by atomic mass is 79.9. The van der Waals surface area contributed by atoms with Crippen molar-refractivity contribution in [3.05, 3.63) is 58.3 Å². The lowest BCUT2D eigenvalue weighted by Gasteiger charge is -2.37. The van der Waals surface area contributed by atoms with E-state index in [1.807, 2.05) is 18.2 Å². The van der Waals surface area contributed by atoms with Crippen molar-refractivity contribution in [2.75, 3.05) is 12.4 Å². The van der Waals surface area contributed by atoms with Crippen LogP contribution in [-0.4, -0.2) is 13.2 Å². The minimum absolute atomic E-state index is 0.214. The SMILES string of the molecule is COc1cccc(C2CC(Nc3c(F)cccc3Br)C2)c1. The number of rotatable bonds is 4. The van der Waals surface area contributed by atoms with E-state index in [9.17, 15) is 4.39 Å². The molecule has 1 saturated carbocycles. The zero-order chi connectivity index (χ0) is 14.8. The van der Waals surface area contributed by atoms with E-state index in [-0.39, 0.29) is 5.82 Å². The molecule has 1 aliphatic rings. The zero-order valence-electron chi connectivity index (χ0n) is 11.8. The molecule has 2 nitrogen and oxygen atoms in total. The summed E-state index contributed by atoms with van der Waals surface area (Å²) in [6, 6.07) is 13.5. The number of ether oxygens (including phenoxy) is 1. The van der Waals surface area contributed by atoms with Gasteiger partial charge in [-0.2, -0.15) is 0 Å². The van der Waals surface area contributed by atoms with Gasteiger partial charge in [-0.25, -0.2) is 4.39 Å². The van der Waals surface area contributed by atoms with Gasteiger partial charge in [-0.15, -0.1) is 0 Å². The summed E-state index contributed by atoms with van der Waals surface area (Å²) in [6.45, 7) is 0. The van der Waals surface area contributed by atoms with Crippen LogP contribution in [0.5, 0.6) is 5.75 Å². The Bertz CT molecular complexity index is 620. The highest BCUT2D eigenvalue weighted by molar-refractivity contribution is 9.10. The van der Waals surface area contributed by atoms with Gasteiger partial charge >= 0.3 is 0 Å². The molecule has 110 valence electrons. The van der Waals surface area contributed by atoms with E-state index in [2.05, 4.69) is 33.4 Å². The molecule has 0 unspecified atom stereocenters. The van der Waals surface area contributed by atoms with Crippen LogP contribution in [0.2, 0.25) is 0 Å². The maximum atomic E-state index is 13.8. The van der Waals surface area contributed by atoms with Crippen molar-refractivity contribution >= 4 is 21.6 Å². The molecule has 0 atom stereocenters. The summed E-state index contributed by atoms with van der Waals surface area (Å²) < 4.78 is 19.8. The average molecular weight is 350 g/mol. The number of anilines is 1. The quantitative estimate of drug-likeness (QED) is 0.842. The van der Waals surface area contributed by atoms with Crippen LogP contribution in [-0.2, 0) is 0 Å². The lowest BCUT2D eigenvalue weighted by molar-refractivity contribution is 0.369. The van der Waals surface area contributed by atoms with Crippen molar-refractivity contribution in [2.24, 2.45) is 0 Å². The summed E-state index contributed by atoms with van der Waals surface area (Å²) in [5.41, 5.74) is 1.85. The van der Waals surface area contributed by atoms with E-state index in [1.165, 1.54) is 11.6 Å². The number of nitrogens with one attached hydrogen (secondary N) is 1. The first-order valence-corrected chi connectivity index (χ1v) is 7.81. The first kappa shape index (κ1) is 14.4. The smallest absolute Gasteiger partial charge is 0.147 e. The molecule has 0 bridgehead atoms. The predicted molar refractivity (Wildman–Crippen MR) is 86.5 cm³/mol. The summed E-state index contributed by atoms with van der Waals surface area (Å²) in [5, 5.41) is 3.29. The van der Waals surface area contributed by atoms with Crippen molar-refractivity contribution in [1.82, 2.24) is 0 Å². The largest absolute Gasteiger partial charge is 0.497 e. The maximum absolute atomic E-state index is 13.8. The van der Waals surface area contributed by atoms with Gasteiger partial charge in [0.1, 0.15) is 11.6 Å². The predicted octanol–water partition coefficient (Wildman–Crippen LogP) is 4.95. The fourth-order valence-electron chi connectivity index (χ4n) is 2.74. The molecular formula is C17H17BrFNO. The van der Waals surface area contributed by atoms with Gasteiger partial charge in [0.15, 0.2) is 0 Å². The fraction of sp³-hybridized carbons (Fsp3) is 0.294. The van der Waals surface area contributed by atoms with Crippen molar-refractivity contribution in [2.45, 2.75) is 24.8 Å². The third-order valence-corrected chi connectivity index (χ3v) is 4.68. The second-order valence-electron chi connectivity index (χ2n) is 5.38. The van der Waals surface area contributed by atoms with Crippen LogP contribution in [0.4, 0.5) is 10.1 Å². The van der Waals surface area contributed by atoms with Crippen molar-refractivity contribution in [3.8, 4) is 5.75 Å². The third kappa shape index (κ3) is 3.05.